The van der Waals surface area contributed by atoms with Gasteiger partial charge in [0.2, 0.25) is 11.8 Å². The Morgan fingerprint density at radius 1 is 1.06 bits per heavy atom. The largest absolute Gasteiger partial charge is 0.340 e. The molecule has 0 bridgehead atoms. The number of nitrogens with one attached hydrogen (secondary N) is 1. The van der Waals surface area contributed by atoms with Crippen LogP contribution in [0.2, 0.25) is 0 Å². The summed E-state index contributed by atoms with van der Waals surface area (Å²) in [6.45, 7) is 2.52. The van der Waals surface area contributed by atoms with Crippen LogP contribution in [0, 0.1) is 0 Å². The molecule has 1 aliphatic carbocycles. The molecule has 1 aromatic carbocycles. The molecule has 5 rings (SSSR count). The van der Waals surface area contributed by atoms with Crippen LogP contribution in [0.1, 0.15) is 38.5 Å². The van der Waals surface area contributed by atoms with Crippen molar-refractivity contribution in [3.8, 4) is 0 Å². The summed E-state index contributed by atoms with van der Waals surface area (Å²) in [5.41, 5.74) is 0.678. The molecule has 7 nitrogen and oxygen atoms in total. The molecule has 1 aromatic rings. The fraction of sp³-hybridized carbons (Fsp3) is 0.609. The maximum absolute atomic E-state index is 13.7. The predicted molar refractivity (Wildman–Crippen MR) is 122 cm³/mol. The number of hydrogen-bond acceptors (Lipinski definition) is 5. The summed E-state index contributed by atoms with van der Waals surface area (Å²) in [5.74, 6) is 1.99. The number of anilines is 2. The second-order valence-electron chi connectivity index (χ2n) is 9.01. The molecule has 1 spiro atoms. The highest BCUT2D eigenvalue weighted by Gasteiger charge is 2.52. The van der Waals surface area contributed by atoms with Gasteiger partial charge in [0.05, 0.1) is 24.0 Å². The number of amides is 3. The van der Waals surface area contributed by atoms with Crippen LogP contribution in [0.5, 0.6) is 0 Å². The highest BCUT2D eigenvalue weighted by atomic mass is 32.2. The Kier molecular flexibility index (Phi) is 5.69. The Morgan fingerprint density at radius 2 is 1.81 bits per heavy atom. The van der Waals surface area contributed by atoms with E-state index in [1.54, 1.807) is 4.90 Å². The Bertz CT molecular complexity index is 879. The number of likely N-dealkylation sites (tertiary alicyclic amines) is 1. The van der Waals surface area contributed by atoms with E-state index in [4.69, 9.17) is 0 Å². The van der Waals surface area contributed by atoms with Crippen molar-refractivity contribution in [1.82, 2.24) is 9.80 Å². The van der Waals surface area contributed by atoms with E-state index in [0.29, 0.717) is 18.5 Å². The van der Waals surface area contributed by atoms with Gasteiger partial charge in [-0.15, -0.1) is 0 Å². The second kappa shape index (κ2) is 8.47. The number of carbonyl (C=O) groups is 3. The van der Waals surface area contributed by atoms with Crippen LogP contribution in [-0.2, 0) is 14.4 Å². The molecule has 0 aromatic heterocycles. The highest BCUT2D eigenvalue weighted by Crippen LogP contribution is 2.45. The number of rotatable bonds is 3. The summed E-state index contributed by atoms with van der Waals surface area (Å²) < 4.78 is 0. The van der Waals surface area contributed by atoms with Crippen molar-refractivity contribution >= 4 is 40.9 Å². The smallest absolute Gasteiger partial charge is 0.250 e. The maximum atomic E-state index is 13.7. The summed E-state index contributed by atoms with van der Waals surface area (Å²) in [4.78, 5) is 45.8. The zero-order chi connectivity index (χ0) is 21.4. The second-order valence-corrected chi connectivity index (χ2v) is 10.2. The van der Waals surface area contributed by atoms with Crippen LogP contribution in [0.25, 0.3) is 0 Å². The Hall–Kier alpha value is -2.06. The molecule has 1 saturated carbocycles. The van der Waals surface area contributed by atoms with Gasteiger partial charge in [0, 0.05) is 24.6 Å². The lowest BCUT2D eigenvalue weighted by Crippen LogP contribution is -2.62. The molecule has 0 radical (unpaired) electrons. The van der Waals surface area contributed by atoms with E-state index in [1.165, 1.54) is 0 Å². The van der Waals surface area contributed by atoms with Gasteiger partial charge in [-0.2, -0.15) is 11.8 Å². The number of nitrogens with zero attached hydrogens (tertiary/aromatic N) is 3. The molecule has 1 N–H and O–H groups in total. The van der Waals surface area contributed by atoms with E-state index < -0.39 is 5.54 Å². The van der Waals surface area contributed by atoms with Gasteiger partial charge < -0.3 is 10.2 Å². The number of thioether (sulfide) groups is 1. The molecule has 3 fully saturated rings. The highest BCUT2D eigenvalue weighted by molar-refractivity contribution is 7.99. The first-order valence-corrected chi connectivity index (χ1v) is 12.6. The van der Waals surface area contributed by atoms with E-state index in [9.17, 15) is 14.4 Å². The number of hydrogen-bond donors (Lipinski definition) is 1. The maximum Gasteiger partial charge on any atom is 0.250 e. The van der Waals surface area contributed by atoms with Gasteiger partial charge in [-0.3, -0.25) is 24.2 Å². The van der Waals surface area contributed by atoms with E-state index >= 15 is 0 Å². The molecular weight excluding hydrogens is 412 g/mol. The molecule has 3 amide bonds. The average Bonchev–Trinajstić information content (AvgIpc) is 3.45. The van der Waals surface area contributed by atoms with Crippen LogP contribution in [0.3, 0.4) is 0 Å². The van der Waals surface area contributed by atoms with Crippen LogP contribution >= 0.6 is 11.8 Å². The minimum Gasteiger partial charge on any atom is -0.340 e. The van der Waals surface area contributed by atoms with Gasteiger partial charge in [0.15, 0.2) is 0 Å². The summed E-state index contributed by atoms with van der Waals surface area (Å²) in [5, 5.41) is 3.03. The van der Waals surface area contributed by atoms with E-state index in [1.807, 2.05) is 45.8 Å². The lowest BCUT2D eigenvalue weighted by atomic mass is 9.89. The molecule has 3 heterocycles. The van der Waals surface area contributed by atoms with Crippen LogP contribution < -0.4 is 10.2 Å². The third-order valence-electron chi connectivity index (χ3n) is 7.23. The van der Waals surface area contributed by atoms with Crippen LogP contribution in [-0.4, -0.2) is 76.8 Å². The van der Waals surface area contributed by atoms with Gasteiger partial charge in [-0.25, -0.2) is 0 Å². The van der Waals surface area contributed by atoms with Gasteiger partial charge >= 0.3 is 0 Å². The third kappa shape index (κ3) is 3.63. The summed E-state index contributed by atoms with van der Waals surface area (Å²) in [6, 6.07) is 7.34. The van der Waals surface area contributed by atoms with E-state index in [-0.39, 0.29) is 30.3 Å². The normalized spacial score (nSPS) is 25.5. The monoisotopic (exact) mass is 442 g/mol. The first-order chi connectivity index (χ1) is 15.1. The number of carbonyl (C=O) groups excluding carboxylic acids is 3. The number of fused-ring (bicyclic) bond motifs is 1. The lowest BCUT2D eigenvalue weighted by molar-refractivity contribution is -0.136. The van der Waals surface area contributed by atoms with Crippen LogP contribution in [0.4, 0.5) is 11.4 Å². The van der Waals surface area contributed by atoms with E-state index in [2.05, 4.69) is 5.32 Å². The lowest BCUT2D eigenvalue weighted by Gasteiger charge is -2.45. The molecule has 166 valence electrons. The first kappa shape index (κ1) is 20.8. The van der Waals surface area contributed by atoms with E-state index in [0.717, 1.165) is 62.5 Å². The van der Waals surface area contributed by atoms with Crippen molar-refractivity contribution in [2.45, 2.75) is 50.1 Å². The summed E-state index contributed by atoms with van der Waals surface area (Å²) >= 11 is 1.89. The van der Waals surface area contributed by atoms with Gasteiger partial charge in [-0.1, -0.05) is 25.0 Å². The number of para-hydroxylation sites is 2. The van der Waals surface area contributed by atoms with Gasteiger partial charge in [-0.05, 0) is 44.4 Å². The molecular formula is C23H30N4O3S. The molecule has 3 aliphatic heterocycles. The fourth-order valence-corrected chi connectivity index (χ4v) is 6.57. The Morgan fingerprint density at radius 3 is 2.58 bits per heavy atom. The molecule has 8 heteroatoms. The Balaban J connectivity index is 1.39. The standard InChI is InChI=1S/C23H30N4O3S/c28-20(16-26-11-5-8-19(26)21(29)25-12-14-31-15-13-25)27-18-7-2-1-6-17(18)24-22(30)23(27)9-3-4-10-23/h1-2,6-7,19H,3-5,8-16H2,(H,24,30). The summed E-state index contributed by atoms with van der Waals surface area (Å²) in [6.07, 6.45) is 4.99. The molecule has 1 atom stereocenters. The quantitative estimate of drug-likeness (QED) is 0.778. The van der Waals surface area contributed by atoms with Crippen molar-refractivity contribution in [2.24, 2.45) is 0 Å². The van der Waals surface area contributed by atoms with Crippen molar-refractivity contribution in [2.75, 3.05) is 47.9 Å². The summed E-state index contributed by atoms with van der Waals surface area (Å²) in [7, 11) is 0. The minimum atomic E-state index is -0.797. The zero-order valence-electron chi connectivity index (χ0n) is 17.8. The third-order valence-corrected chi connectivity index (χ3v) is 8.18. The average molecular weight is 443 g/mol. The van der Waals surface area contributed by atoms with Crippen LogP contribution in [0.15, 0.2) is 24.3 Å². The molecule has 31 heavy (non-hydrogen) atoms. The first-order valence-electron chi connectivity index (χ1n) is 11.4. The minimum absolute atomic E-state index is 0.0712. The predicted octanol–water partition coefficient (Wildman–Crippen LogP) is 2.32. The van der Waals surface area contributed by atoms with Gasteiger partial charge in [0.1, 0.15) is 5.54 Å². The molecule has 1 unspecified atom stereocenters. The zero-order valence-corrected chi connectivity index (χ0v) is 18.7. The topological polar surface area (TPSA) is 73.0 Å². The fourth-order valence-electron chi connectivity index (χ4n) is 5.66. The number of benzene rings is 1. The van der Waals surface area contributed by atoms with Gasteiger partial charge in [0.25, 0.3) is 5.91 Å². The van der Waals surface area contributed by atoms with Crippen molar-refractivity contribution in [3.63, 3.8) is 0 Å². The van der Waals surface area contributed by atoms with Crippen molar-refractivity contribution in [3.05, 3.63) is 24.3 Å². The molecule has 2 saturated heterocycles. The SMILES string of the molecule is O=C(C1CCCN1CC(=O)N1c2ccccc2NC(=O)C12CCCC2)N1CCSCC1. The van der Waals surface area contributed by atoms with Crippen molar-refractivity contribution < 1.29 is 14.4 Å². The molecule has 4 aliphatic rings. The Labute approximate surface area is 187 Å². The van der Waals surface area contributed by atoms with Crippen molar-refractivity contribution in [1.29, 1.82) is 0 Å².